The molecule has 0 bridgehead atoms. The Morgan fingerprint density at radius 3 is 3.24 bits per heavy atom. The molecule has 1 aliphatic heterocycles. The number of hydrogen-bond donors (Lipinski definition) is 3. The van der Waals surface area contributed by atoms with Gasteiger partial charge in [0.05, 0.1) is 13.2 Å². The van der Waals surface area contributed by atoms with Crippen molar-refractivity contribution in [1.29, 1.82) is 0 Å². The summed E-state index contributed by atoms with van der Waals surface area (Å²) in [5, 5.41) is 17.6. The lowest BCUT2D eigenvalue weighted by Crippen LogP contribution is -2.50. The van der Waals surface area contributed by atoms with Crippen LogP contribution in [0, 0.1) is 0 Å². The van der Waals surface area contributed by atoms with Crippen molar-refractivity contribution in [3.63, 3.8) is 0 Å². The van der Waals surface area contributed by atoms with Crippen LogP contribution >= 0.6 is 23.4 Å². The summed E-state index contributed by atoms with van der Waals surface area (Å²) in [5.41, 5.74) is 0.446. The molecule has 3 N–H and O–H groups in total. The maximum Gasteiger partial charge on any atom is 0.113 e. The van der Waals surface area contributed by atoms with Gasteiger partial charge in [-0.2, -0.15) is 11.8 Å². The fourth-order valence-electron chi connectivity index (χ4n) is 2.17. The minimum Gasteiger partial charge on any atom is -0.385 e. The van der Waals surface area contributed by atoms with E-state index in [1.54, 1.807) is 0 Å². The van der Waals surface area contributed by atoms with Crippen molar-refractivity contribution < 1.29 is 9.84 Å². The average molecular weight is 331 g/mol. The molecule has 21 heavy (non-hydrogen) atoms. The molecule has 1 fully saturated rings. The second-order valence-electron chi connectivity index (χ2n) is 5.31. The molecular weight excluding hydrogens is 308 g/mol. The predicted molar refractivity (Wildman–Crippen MR) is 89.1 cm³/mol. The van der Waals surface area contributed by atoms with Crippen LogP contribution in [-0.4, -0.2) is 55.9 Å². The molecule has 0 saturated carbocycles. The molecule has 1 aromatic carbocycles. The molecule has 1 heterocycles. The molecule has 1 atom stereocenters. The Balaban J connectivity index is 1.57. The average Bonchev–Trinajstić information content (AvgIpc) is 2.68. The van der Waals surface area contributed by atoms with Crippen LogP contribution in [0.4, 0.5) is 0 Å². The molecule has 1 saturated heterocycles. The fourth-order valence-corrected chi connectivity index (χ4v) is 3.24. The van der Waals surface area contributed by atoms with Gasteiger partial charge in [0.1, 0.15) is 5.60 Å². The standard InChI is InChI=1S/C15H23ClN2O2S/c16-14-3-1-2-13(8-14)9-21-7-5-18-11-15(19)10-17-4-6-20-12-15/h1-3,8,17-19H,4-7,9-12H2/t15-/m0/s1. The molecule has 0 amide bonds. The van der Waals surface area contributed by atoms with Crippen LogP contribution in [0.15, 0.2) is 24.3 Å². The number of ether oxygens (including phenoxy) is 1. The van der Waals surface area contributed by atoms with Crippen molar-refractivity contribution in [2.24, 2.45) is 0 Å². The number of β-amino-alcohol motifs (C(OH)–C–C–N with tert-alkyl or cyclic N) is 1. The molecular formula is C15H23ClN2O2S. The summed E-state index contributed by atoms with van der Waals surface area (Å²) < 4.78 is 5.39. The minimum atomic E-state index is -0.797. The van der Waals surface area contributed by atoms with E-state index < -0.39 is 5.60 Å². The molecule has 0 radical (unpaired) electrons. The molecule has 2 rings (SSSR count). The van der Waals surface area contributed by atoms with Crippen molar-refractivity contribution >= 4 is 23.4 Å². The van der Waals surface area contributed by atoms with Crippen molar-refractivity contribution in [1.82, 2.24) is 10.6 Å². The third-order valence-corrected chi connectivity index (χ3v) is 4.55. The van der Waals surface area contributed by atoms with E-state index in [2.05, 4.69) is 16.7 Å². The van der Waals surface area contributed by atoms with E-state index in [0.717, 1.165) is 29.6 Å². The van der Waals surface area contributed by atoms with E-state index in [9.17, 15) is 5.11 Å². The fraction of sp³-hybridized carbons (Fsp3) is 0.600. The van der Waals surface area contributed by atoms with Crippen molar-refractivity contribution in [2.75, 3.05) is 45.1 Å². The topological polar surface area (TPSA) is 53.5 Å². The highest BCUT2D eigenvalue weighted by atomic mass is 35.5. The van der Waals surface area contributed by atoms with E-state index in [-0.39, 0.29) is 0 Å². The first-order valence-corrected chi connectivity index (χ1v) is 8.75. The Labute approximate surface area is 135 Å². The zero-order valence-electron chi connectivity index (χ0n) is 12.1. The molecule has 0 unspecified atom stereocenters. The Hall–Kier alpha value is -0.300. The van der Waals surface area contributed by atoms with E-state index in [4.69, 9.17) is 16.3 Å². The van der Waals surface area contributed by atoms with Gasteiger partial charge in [0.15, 0.2) is 0 Å². The molecule has 0 aliphatic carbocycles. The maximum atomic E-state index is 10.3. The summed E-state index contributed by atoms with van der Waals surface area (Å²) >= 11 is 7.81. The number of aliphatic hydroxyl groups is 1. The van der Waals surface area contributed by atoms with Crippen molar-refractivity contribution in [2.45, 2.75) is 11.4 Å². The lowest BCUT2D eigenvalue weighted by atomic mass is 10.1. The molecule has 1 aromatic rings. The highest BCUT2D eigenvalue weighted by Gasteiger charge is 2.28. The zero-order chi connectivity index (χ0) is 15.0. The first kappa shape index (κ1) is 17.1. The van der Waals surface area contributed by atoms with E-state index in [0.29, 0.717) is 26.3 Å². The monoisotopic (exact) mass is 330 g/mol. The molecule has 4 nitrogen and oxygen atoms in total. The lowest BCUT2D eigenvalue weighted by molar-refractivity contribution is -0.0258. The first-order chi connectivity index (χ1) is 10.2. The smallest absolute Gasteiger partial charge is 0.113 e. The minimum absolute atomic E-state index is 0.392. The zero-order valence-corrected chi connectivity index (χ0v) is 13.7. The summed E-state index contributed by atoms with van der Waals surface area (Å²) in [6, 6.07) is 7.95. The Kier molecular flexibility index (Phi) is 7.29. The van der Waals surface area contributed by atoms with Crippen LogP contribution in [0.5, 0.6) is 0 Å². The van der Waals surface area contributed by atoms with Gasteiger partial charge in [-0.15, -0.1) is 0 Å². The van der Waals surface area contributed by atoms with Gasteiger partial charge in [0, 0.05) is 42.7 Å². The predicted octanol–water partition coefficient (Wildman–Crippen LogP) is 1.51. The second-order valence-corrected chi connectivity index (χ2v) is 6.85. The lowest BCUT2D eigenvalue weighted by Gasteiger charge is -2.26. The highest BCUT2D eigenvalue weighted by molar-refractivity contribution is 7.98. The molecule has 0 aromatic heterocycles. The molecule has 118 valence electrons. The van der Waals surface area contributed by atoms with E-state index in [1.807, 2.05) is 30.0 Å². The van der Waals surface area contributed by atoms with Gasteiger partial charge >= 0.3 is 0 Å². The molecule has 0 spiro atoms. The van der Waals surface area contributed by atoms with Crippen LogP contribution in [0.1, 0.15) is 5.56 Å². The second kappa shape index (κ2) is 8.98. The Morgan fingerprint density at radius 2 is 2.38 bits per heavy atom. The molecule has 1 aliphatic rings. The van der Waals surface area contributed by atoms with Gasteiger partial charge in [0.2, 0.25) is 0 Å². The van der Waals surface area contributed by atoms with Gasteiger partial charge < -0.3 is 20.5 Å². The summed E-state index contributed by atoms with van der Waals surface area (Å²) in [5.74, 6) is 1.95. The normalized spacial score (nSPS) is 23.0. The van der Waals surface area contributed by atoms with Crippen molar-refractivity contribution in [3.05, 3.63) is 34.9 Å². The maximum absolute atomic E-state index is 10.3. The van der Waals surface area contributed by atoms with Crippen LogP contribution in [0.3, 0.4) is 0 Å². The number of nitrogens with one attached hydrogen (secondary N) is 2. The Morgan fingerprint density at radius 1 is 1.48 bits per heavy atom. The first-order valence-electron chi connectivity index (χ1n) is 7.22. The van der Waals surface area contributed by atoms with Crippen LogP contribution in [-0.2, 0) is 10.5 Å². The van der Waals surface area contributed by atoms with Crippen LogP contribution in [0.25, 0.3) is 0 Å². The van der Waals surface area contributed by atoms with Gasteiger partial charge in [-0.3, -0.25) is 0 Å². The largest absolute Gasteiger partial charge is 0.385 e. The summed E-state index contributed by atoms with van der Waals surface area (Å²) in [4.78, 5) is 0. The SMILES string of the molecule is O[C@]1(CNCCSCc2cccc(Cl)c2)CNCCOC1. The van der Waals surface area contributed by atoms with Gasteiger partial charge in [0.25, 0.3) is 0 Å². The summed E-state index contributed by atoms with van der Waals surface area (Å²) in [7, 11) is 0. The quantitative estimate of drug-likeness (QED) is 0.662. The number of thioether (sulfide) groups is 1. The number of rotatable bonds is 7. The van der Waals surface area contributed by atoms with Crippen LogP contribution < -0.4 is 10.6 Å². The van der Waals surface area contributed by atoms with Gasteiger partial charge in [-0.25, -0.2) is 0 Å². The summed E-state index contributed by atoms with van der Waals surface area (Å²) in [6.07, 6.45) is 0. The summed E-state index contributed by atoms with van der Waals surface area (Å²) in [6.45, 7) is 3.86. The third-order valence-electron chi connectivity index (χ3n) is 3.28. The van der Waals surface area contributed by atoms with E-state index in [1.165, 1.54) is 5.56 Å². The van der Waals surface area contributed by atoms with Gasteiger partial charge in [-0.1, -0.05) is 23.7 Å². The van der Waals surface area contributed by atoms with Crippen LogP contribution in [0.2, 0.25) is 5.02 Å². The number of hydrogen-bond acceptors (Lipinski definition) is 5. The van der Waals surface area contributed by atoms with Crippen molar-refractivity contribution in [3.8, 4) is 0 Å². The van der Waals surface area contributed by atoms with E-state index >= 15 is 0 Å². The Bertz CT molecular complexity index is 426. The van der Waals surface area contributed by atoms with Gasteiger partial charge in [-0.05, 0) is 17.7 Å². The molecule has 6 heteroatoms. The number of benzene rings is 1. The number of halogens is 1. The third kappa shape index (κ3) is 6.55. The highest BCUT2D eigenvalue weighted by Crippen LogP contribution is 2.16.